The number of carbonyl (C=O) groups is 1. The van der Waals surface area contributed by atoms with Crippen LogP contribution in [0.15, 0.2) is 91.2 Å². The molecule has 0 radical (unpaired) electrons. The fourth-order valence-electron chi connectivity index (χ4n) is 3.94. The molecule has 9 heteroatoms. The summed E-state index contributed by atoms with van der Waals surface area (Å²) >= 11 is 4.45. The molecule has 0 saturated heterocycles. The van der Waals surface area contributed by atoms with Crippen LogP contribution in [-0.2, 0) is 9.53 Å². The molecule has 0 bridgehead atoms. The summed E-state index contributed by atoms with van der Waals surface area (Å²) in [4.78, 5) is 32.1. The minimum Gasteiger partial charge on any atom is -0.463 e. The van der Waals surface area contributed by atoms with Gasteiger partial charge in [0.05, 0.1) is 28.5 Å². The highest BCUT2D eigenvalue weighted by molar-refractivity contribution is 9.10. The van der Waals surface area contributed by atoms with Crippen LogP contribution in [0.1, 0.15) is 29.9 Å². The van der Waals surface area contributed by atoms with Gasteiger partial charge in [-0.15, -0.1) is 0 Å². The molecule has 1 aliphatic heterocycles. The van der Waals surface area contributed by atoms with Gasteiger partial charge >= 0.3 is 5.97 Å². The van der Waals surface area contributed by atoms with E-state index in [9.17, 15) is 14.0 Å². The van der Waals surface area contributed by atoms with Crippen LogP contribution in [0.5, 0.6) is 0 Å². The highest BCUT2D eigenvalue weighted by atomic mass is 79.9. The number of hydrogen-bond donors (Lipinski definition) is 0. The van der Waals surface area contributed by atoms with Crippen molar-refractivity contribution in [2.75, 3.05) is 6.61 Å². The fourth-order valence-corrected chi connectivity index (χ4v) is 5.24. The molecule has 1 atom stereocenters. The Morgan fingerprint density at radius 1 is 1.17 bits per heavy atom. The first-order valence-corrected chi connectivity index (χ1v) is 12.4. The predicted octanol–water partition coefficient (Wildman–Crippen LogP) is 4.43. The lowest BCUT2D eigenvalue weighted by molar-refractivity contribution is -0.138. The minimum absolute atomic E-state index is 0.151. The molecule has 6 nitrogen and oxygen atoms in total. The zero-order valence-electron chi connectivity index (χ0n) is 18.4. The Morgan fingerprint density at radius 2 is 1.91 bits per heavy atom. The number of fused-ring (bicyclic) bond motifs is 1. The van der Waals surface area contributed by atoms with E-state index < -0.39 is 17.8 Å². The van der Waals surface area contributed by atoms with E-state index in [1.54, 1.807) is 37.3 Å². The van der Waals surface area contributed by atoms with E-state index in [4.69, 9.17) is 14.1 Å². The Labute approximate surface area is 211 Å². The Kier molecular flexibility index (Phi) is 6.36. The molecule has 1 aliphatic rings. The van der Waals surface area contributed by atoms with E-state index in [0.29, 0.717) is 36.6 Å². The monoisotopic (exact) mass is 552 g/mol. The van der Waals surface area contributed by atoms with E-state index in [-0.39, 0.29) is 17.7 Å². The van der Waals surface area contributed by atoms with Crippen molar-refractivity contribution < 1.29 is 18.3 Å². The summed E-state index contributed by atoms with van der Waals surface area (Å²) in [5.41, 5.74) is 1.54. The first-order chi connectivity index (χ1) is 17.0. The maximum atomic E-state index is 13.8. The highest BCUT2D eigenvalue weighted by Gasteiger charge is 2.35. The van der Waals surface area contributed by atoms with Crippen molar-refractivity contribution >= 4 is 45.0 Å². The molecule has 5 rings (SSSR count). The van der Waals surface area contributed by atoms with Crippen molar-refractivity contribution in [3.8, 4) is 0 Å². The van der Waals surface area contributed by atoms with Gasteiger partial charge in [-0.25, -0.2) is 14.2 Å². The quantitative estimate of drug-likeness (QED) is 0.343. The predicted molar refractivity (Wildman–Crippen MR) is 134 cm³/mol. The highest BCUT2D eigenvalue weighted by Crippen LogP contribution is 2.35. The zero-order valence-corrected chi connectivity index (χ0v) is 20.8. The van der Waals surface area contributed by atoms with Gasteiger partial charge in [-0.05, 0) is 52.7 Å². The molecule has 3 heterocycles. The summed E-state index contributed by atoms with van der Waals surface area (Å²) in [6.45, 7) is 1.86. The molecule has 0 unspecified atom stereocenters. The zero-order chi connectivity index (χ0) is 24.5. The van der Waals surface area contributed by atoms with E-state index in [1.165, 1.54) is 28.0 Å². The smallest absolute Gasteiger partial charge is 0.338 e. The van der Waals surface area contributed by atoms with Crippen molar-refractivity contribution in [3.63, 3.8) is 0 Å². The third-order valence-corrected chi connectivity index (χ3v) is 6.84. The average Bonchev–Trinajstić information content (AvgIpc) is 3.41. The van der Waals surface area contributed by atoms with Gasteiger partial charge in [0.2, 0.25) is 0 Å². The number of rotatable bonds is 5. The van der Waals surface area contributed by atoms with Crippen LogP contribution in [-0.4, -0.2) is 17.1 Å². The minimum atomic E-state index is -0.855. The second-order valence-corrected chi connectivity index (χ2v) is 9.42. The number of furan rings is 1. The number of benzene rings is 2. The van der Waals surface area contributed by atoms with E-state index in [1.807, 2.05) is 30.3 Å². The summed E-state index contributed by atoms with van der Waals surface area (Å²) < 4.78 is 27.1. The largest absolute Gasteiger partial charge is 0.463 e. The topological polar surface area (TPSA) is 73.8 Å². The van der Waals surface area contributed by atoms with Gasteiger partial charge in [0.15, 0.2) is 9.47 Å². The normalized spacial score (nSPS) is 15.6. The maximum Gasteiger partial charge on any atom is 0.338 e. The fraction of sp³-hybridized carbons (Fsp3) is 0.115. The molecule has 4 aromatic rings. The van der Waals surface area contributed by atoms with E-state index in [0.717, 1.165) is 0 Å². The summed E-state index contributed by atoms with van der Waals surface area (Å²) in [5.74, 6) is -0.517. The lowest BCUT2D eigenvalue weighted by Gasteiger charge is -2.25. The number of hydrogen-bond acceptors (Lipinski definition) is 6. The SMILES string of the molecule is CCOC(=O)C1=C(c2ccccc2)N=c2s/c(=C\c3ccc(Br)o3)c(=O)n2[C@H]1c1ccc(F)cc1. The molecule has 0 N–H and O–H groups in total. The summed E-state index contributed by atoms with van der Waals surface area (Å²) in [6, 6.07) is 17.6. The van der Waals surface area contributed by atoms with Gasteiger partial charge in [-0.2, -0.15) is 0 Å². The number of esters is 1. The van der Waals surface area contributed by atoms with Crippen molar-refractivity contribution in [3.05, 3.63) is 119 Å². The van der Waals surface area contributed by atoms with Crippen LogP contribution < -0.4 is 14.9 Å². The number of aromatic nitrogens is 1. The third-order valence-electron chi connectivity index (χ3n) is 5.43. The van der Waals surface area contributed by atoms with Crippen LogP contribution >= 0.6 is 27.3 Å². The lowest BCUT2D eigenvalue weighted by Crippen LogP contribution is -2.40. The number of thiazole rings is 1. The van der Waals surface area contributed by atoms with Crippen LogP contribution in [0, 0.1) is 5.82 Å². The van der Waals surface area contributed by atoms with E-state index in [2.05, 4.69) is 15.9 Å². The molecule has 2 aromatic heterocycles. The number of ether oxygens (including phenoxy) is 1. The van der Waals surface area contributed by atoms with Crippen molar-refractivity contribution in [1.29, 1.82) is 0 Å². The number of nitrogens with zero attached hydrogens (tertiary/aromatic N) is 2. The second-order valence-electron chi connectivity index (χ2n) is 7.62. The van der Waals surface area contributed by atoms with Crippen molar-refractivity contribution in [2.45, 2.75) is 13.0 Å². The molecule has 2 aromatic carbocycles. The molecule has 35 heavy (non-hydrogen) atoms. The summed E-state index contributed by atoms with van der Waals surface area (Å²) in [7, 11) is 0. The maximum absolute atomic E-state index is 13.8. The number of halogens is 2. The van der Waals surface area contributed by atoms with Crippen LogP contribution in [0.4, 0.5) is 4.39 Å². The molecule has 0 amide bonds. The van der Waals surface area contributed by atoms with Gasteiger partial charge in [-0.3, -0.25) is 9.36 Å². The van der Waals surface area contributed by atoms with Gasteiger partial charge in [-0.1, -0.05) is 53.8 Å². The molecule has 0 aliphatic carbocycles. The number of carbonyl (C=O) groups excluding carboxylic acids is 1. The Hall–Kier alpha value is -3.56. The lowest BCUT2D eigenvalue weighted by atomic mass is 9.93. The molecule has 0 spiro atoms. The standard InChI is InChI=1S/C26H18BrFN2O4S/c1-2-33-25(32)21-22(15-6-4-3-5-7-15)29-26-30(23(21)16-8-10-17(28)11-9-16)24(31)19(35-26)14-18-12-13-20(27)34-18/h3-14,23H,2H2,1H3/b19-14-/t23-/m0/s1. The molecule has 0 fully saturated rings. The summed E-state index contributed by atoms with van der Waals surface area (Å²) in [6.07, 6.45) is 1.63. The first-order valence-electron chi connectivity index (χ1n) is 10.8. The van der Waals surface area contributed by atoms with E-state index >= 15 is 0 Å². The van der Waals surface area contributed by atoms with Crippen LogP contribution in [0.3, 0.4) is 0 Å². The summed E-state index contributed by atoms with van der Waals surface area (Å²) in [5, 5.41) is 0. The van der Waals surface area contributed by atoms with Crippen molar-refractivity contribution in [1.82, 2.24) is 4.57 Å². The first kappa shape index (κ1) is 23.2. The average molecular weight is 553 g/mol. The van der Waals surface area contributed by atoms with Crippen molar-refractivity contribution in [2.24, 2.45) is 4.99 Å². The Morgan fingerprint density at radius 3 is 2.57 bits per heavy atom. The van der Waals surface area contributed by atoms with Gasteiger partial charge < -0.3 is 9.15 Å². The van der Waals surface area contributed by atoms with Gasteiger partial charge in [0.1, 0.15) is 11.6 Å². The van der Waals surface area contributed by atoms with Crippen LogP contribution in [0.2, 0.25) is 0 Å². The van der Waals surface area contributed by atoms with Gasteiger partial charge in [0.25, 0.3) is 5.56 Å². The second kappa shape index (κ2) is 9.59. The molecule has 176 valence electrons. The molecule has 0 saturated carbocycles. The Balaban J connectivity index is 1.83. The van der Waals surface area contributed by atoms with Gasteiger partial charge in [0, 0.05) is 11.6 Å². The van der Waals surface area contributed by atoms with Crippen LogP contribution in [0.25, 0.3) is 11.8 Å². The Bertz CT molecular complexity index is 1620. The molecular weight excluding hydrogens is 535 g/mol. The molecular formula is C26H18BrFN2O4S. The third kappa shape index (κ3) is 4.44.